The van der Waals surface area contributed by atoms with E-state index in [4.69, 9.17) is 18.9 Å². The van der Waals surface area contributed by atoms with Crippen molar-refractivity contribution in [3.8, 4) is 0 Å². The molecule has 0 unspecified atom stereocenters. The Hall–Kier alpha value is -2.12. The van der Waals surface area contributed by atoms with Crippen LogP contribution in [-0.4, -0.2) is 54.2 Å². The summed E-state index contributed by atoms with van der Waals surface area (Å²) in [5, 5.41) is 0. The Bertz CT molecular complexity index is 646. The second-order valence-electron chi connectivity index (χ2n) is 6.72. The minimum atomic E-state index is -0.893. The van der Waals surface area contributed by atoms with Gasteiger partial charge >= 0.3 is 12.1 Å². The monoisotopic (exact) mass is 349 g/mol. The van der Waals surface area contributed by atoms with E-state index in [0.29, 0.717) is 0 Å². The number of hydrogen-bond acceptors (Lipinski definition) is 6. The average molecular weight is 349 g/mol. The molecule has 136 valence electrons. The molecule has 2 aliphatic rings. The third-order valence-electron chi connectivity index (χ3n) is 4.55. The summed E-state index contributed by atoms with van der Waals surface area (Å²) in [6.45, 7) is 5.50. The lowest BCUT2D eigenvalue weighted by Crippen LogP contribution is -2.49. The first-order valence-electron chi connectivity index (χ1n) is 8.26. The third-order valence-corrected chi connectivity index (χ3v) is 4.55. The number of likely N-dealkylation sites (tertiary alicyclic amines) is 1. The SMILES string of the molecule is COC(=O)[C@H]1[C@@H]2OC(C)(C)O[C@@H]2[C@@H](C)N1C(=O)OCc1ccccc1. The molecule has 0 N–H and O–H groups in total. The molecule has 1 aromatic rings. The molecule has 1 aromatic carbocycles. The highest BCUT2D eigenvalue weighted by atomic mass is 16.8. The van der Waals surface area contributed by atoms with E-state index in [-0.39, 0.29) is 12.6 Å². The number of rotatable bonds is 3. The van der Waals surface area contributed by atoms with Crippen LogP contribution in [0.25, 0.3) is 0 Å². The number of fused-ring (bicyclic) bond motifs is 1. The Morgan fingerprint density at radius 1 is 1.16 bits per heavy atom. The Morgan fingerprint density at radius 2 is 1.80 bits per heavy atom. The lowest BCUT2D eigenvalue weighted by Gasteiger charge is -2.30. The number of nitrogens with zero attached hydrogens (tertiary/aromatic N) is 1. The fraction of sp³-hybridized carbons (Fsp3) is 0.556. The number of carbonyl (C=O) groups excluding carboxylic acids is 2. The van der Waals surface area contributed by atoms with Crippen LogP contribution >= 0.6 is 0 Å². The van der Waals surface area contributed by atoms with Gasteiger partial charge in [-0.2, -0.15) is 0 Å². The maximum Gasteiger partial charge on any atom is 0.411 e. The number of benzene rings is 1. The maximum absolute atomic E-state index is 12.6. The number of esters is 1. The first-order chi connectivity index (χ1) is 11.8. The van der Waals surface area contributed by atoms with E-state index in [2.05, 4.69) is 0 Å². The van der Waals surface area contributed by atoms with Crippen molar-refractivity contribution in [3.63, 3.8) is 0 Å². The molecule has 0 aliphatic carbocycles. The Morgan fingerprint density at radius 3 is 2.44 bits per heavy atom. The van der Waals surface area contributed by atoms with Crippen LogP contribution < -0.4 is 0 Å². The van der Waals surface area contributed by atoms with Crippen LogP contribution in [0.1, 0.15) is 26.3 Å². The Kier molecular flexibility index (Phi) is 4.71. The molecule has 0 aromatic heterocycles. The summed E-state index contributed by atoms with van der Waals surface area (Å²) in [6, 6.07) is 8.08. The molecule has 2 fully saturated rings. The molecule has 0 spiro atoms. The van der Waals surface area contributed by atoms with Gasteiger partial charge in [-0.15, -0.1) is 0 Å². The predicted molar refractivity (Wildman–Crippen MR) is 87.6 cm³/mol. The van der Waals surface area contributed by atoms with Crippen LogP contribution in [-0.2, 0) is 30.3 Å². The van der Waals surface area contributed by atoms with Crippen LogP contribution in [0.5, 0.6) is 0 Å². The highest BCUT2D eigenvalue weighted by Gasteiger charge is 2.61. The second-order valence-corrected chi connectivity index (χ2v) is 6.72. The van der Waals surface area contributed by atoms with Gasteiger partial charge in [-0.1, -0.05) is 30.3 Å². The Labute approximate surface area is 146 Å². The normalized spacial score (nSPS) is 30.0. The molecule has 7 nitrogen and oxygen atoms in total. The van der Waals surface area contributed by atoms with Crippen molar-refractivity contribution >= 4 is 12.1 Å². The number of ether oxygens (including phenoxy) is 4. The summed E-state index contributed by atoms with van der Waals surface area (Å²) >= 11 is 0. The molecule has 0 radical (unpaired) electrons. The average Bonchev–Trinajstić information content (AvgIpc) is 3.04. The topological polar surface area (TPSA) is 74.3 Å². The van der Waals surface area contributed by atoms with Crippen LogP contribution in [0.2, 0.25) is 0 Å². The lowest BCUT2D eigenvalue weighted by molar-refractivity contribution is -0.174. The van der Waals surface area contributed by atoms with Gasteiger partial charge in [0.2, 0.25) is 0 Å². The largest absolute Gasteiger partial charge is 0.467 e. The van der Waals surface area contributed by atoms with Gasteiger partial charge in [0, 0.05) is 0 Å². The van der Waals surface area contributed by atoms with Gasteiger partial charge in [0.25, 0.3) is 0 Å². The van der Waals surface area contributed by atoms with Gasteiger partial charge in [-0.3, -0.25) is 4.90 Å². The second kappa shape index (κ2) is 6.65. The van der Waals surface area contributed by atoms with Crippen molar-refractivity contribution in [1.82, 2.24) is 4.90 Å². The first-order valence-corrected chi connectivity index (χ1v) is 8.26. The van der Waals surface area contributed by atoms with Gasteiger partial charge in [-0.25, -0.2) is 9.59 Å². The van der Waals surface area contributed by atoms with Gasteiger partial charge in [0.05, 0.1) is 13.2 Å². The van der Waals surface area contributed by atoms with Gasteiger partial charge in [0.15, 0.2) is 11.8 Å². The standard InChI is InChI=1S/C18H23NO6/c1-11-14-15(25-18(2,3)24-14)13(16(20)22-4)19(11)17(21)23-10-12-8-6-5-7-9-12/h5-9,11,13-15H,10H2,1-4H3/t11-,13-,14-,15+/m1/s1. The molecular formula is C18H23NO6. The van der Waals surface area contributed by atoms with Crippen molar-refractivity contribution < 1.29 is 28.5 Å². The van der Waals surface area contributed by atoms with Crippen LogP contribution in [0.3, 0.4) is 0 Å². The number of carbonyl (C=O) groups is 2. The molecule has 1 amide bonds. The highest BCUT2D eigenvalue weighted by molar-refractivity contribution is 5.83. The third kappa shape index (κ3) is 3.34. The van der Waals surface area contributed by atoms with Gasteiger partial charge in [0.1, 0.15) is 18.8 Å². The lowest BCUT2D eigenvalue weighted by atomic mass is 10.1. The van der Waals surface area contributed by atoms with Crippen molar-refractivity contribution in [2.24, 2.45) is 0 Å². The van der Waals surface area contributed by atoms with Crippen LogP contribution in [0, 0.1) is 0 Å². The minimum Gasteiger partial charge on any atom is -0.467 e. The predicted octanol–water partition coefficient (Wildman–Crippen LogP) is 2.09. The van der Waals surface area contributed by atoms with Crippen LogP contribution in [0.4, 0.5) is 4.79 Å². The maximum atomic E-state index is 12.6. The molecule has 7 heteroatoms. The number of hydrogen-bond donors (Lipinski definition) is 0. The molecule has 3 rings (SSSR count). The van der Waals surface area contributed by atoms with E-state index in [9.17, 15) is 9.59 Å². The molecule has 0 bridgehead atoms. The molecule has 0 saturated carbocycles. The summed E-state index contributed by atoms with van der Waals surface area (Å²) in [4.78, 5) is 26.3. The zero-order valence-electron chi connectivity index (χ0n) is 14.8. The summed E-state index contributed by atoms with van der Waals surface area (Å²) in [5.74, 6) is -1.35. The molecular weight excluding hydrogens is 326 g/mol. The summed E-state index contributed by atoms with van der Waals surface area (Å²) < 4.78 is 22.0. The van der Waals surface area contributed by atoms with E-state index in [1.165, 1.54) is 12.0 Å². The number of methoxy groups -OCH3 is 1. The van der Waals surface area contributed by atoms with Crippen molar-refractivity contribution in [2.75, 3.05) is 7.11 Å². The molecule has 2 aliphatic heterocycles. The van der Waals surface area contributed by atoms with Gasteiger partial charge < -0.3 is 18.9 Å². The first kappa shape index (κ1) is 17.7. The summed E-state index contributed by atoms with van der Waals surface area (Å²) in [7, 11) is 1.29. The van der Waals surface area contributed by atoms with E-state index in [1.807, 2.05) is 37.3 Å². The highest BCUT2D eigenvalue weighted by Crippen LogP contribution is 2.41. The summed E-state index contributed by atoms with van der Waals surface area (Å²) in [5.41, 5.74) is 0.867. The van der Waals surface area contributed by atoms with Crippen LogP contribution in [0.15, 0.2) is 30.3 Å². The van der Waals surface area contributed by atoms with E-state index < -0.39 is 36.1 Å². The smallest absolute Gasteiger partial charge is 0.411 e. The Balaban J connectivity index is 1.77. The fourth-order valence-electron chi connectivity index (χ4n) is 3.45. The molecule has 25 heavy (non-hydrogen) atoms. The zero-order valence-corrected chi connectivity index (χ0v) is 14.8. The van der Waals surface area contributed by atoms with Crippen molar-refractivity contribution in [2.45, 2.75) is 57.5 Å². The van der Waals surface area contributed by atoms with Crippen molar-refractivity contribution in [1.29, 1.82) is 0 Å². The molecule has 2 heterocycles. The van der Waals surface area contributed by atoms with E-state index >= 15 is 0 Å². The zero-order chi connectivity index (χ0) is 18.2. The van der Waals surface area contributed by atoms with Gasteiger partial charge in [-0.05, 0) is 26.3 Å². The van der Waals surface area contributed by atoms with E-state index in [0.717, 1.165) is 5.56 Å². The summed E-state index contributed by atoms with van der Waals surface area (Å²) in [6.07, 6.45) is -1.59. The molecule has 4 atom stereocenters. The fourth-order valence-corrected chi connectivity index (χ4v) is 3.45. The minimum absolute atomic E-state index is 0.124. The van der Waals surface area contributed by atoms with E-state index in [1.54, 1.807) is 13.8 Å². The van der Waals surface area contributed by atoms with Crippen molar-refractivity contribution in [3.05, 3.63) is 35.9 Å². The molecule has 2 saturated heterocycles. The quantitative estimate of drug-likeness (QED) is 0.778. The number of amides is 1.